The Bertz CT molecular complexity index is 269. The van der Waals surface area contributed by atoms with Gasteiger partial charge in [-0.05, 0) is 39.9 Å². The average Bonchev–Trinajstić information content (AvgIpc) is 2.35. The summed E-state index contributed by atoms with van der Waals surface area (Å²) >= 11 is 0. The van der Waals surface area contributed by atoms with Crippen molar-refractivity contribution in [2.45, 2.75) is 25.3 Å². The highest BCUT2D eigenvalue weighted by molar-refractivity contribution is 5.81. The summed E-state index contributed by atoms with van der Waals surface area (Å²) in [5.41, 5.74) is 0. The molecule has 1 amide bonds. The second kappa shape index (κ2) is 8.74. The van der Waals surface area contributed by atoms with Gasteiger partial charge in [0.25, 0.3) is 0 Å². The van der Waals surface area contributed by atoms with E-state index in [0.29, 0.717) is 6.42 Å². The highest BCUT2D eigenvalue weighted by Gasteiger charge is 2.27. The monoisotopic (exact) mass is 260 g/mol. The average molecular weight is 260 g/mol. The van der Waals surface area contributed by atoms with Gasteiger partial charge >= 0.3 is 12.1 Å². The molecule has 18 heavy (non-hydrogen) atoms. The zero-order valence-electron chi connectivity index (χ0n) is 11.9. The van der Waals surface area contributed by atoms with Crippen LogP contribution in [0.2, 0.25) is 0 Å². The van der Waals surface area contributed by atoms with Crippen LogP contribution in [0.4, 0.5) is 4.79 Å². The normalized spacial score (nSPS) is 12.1. The van der Waals surface area contributed by atoms with Crippen molar-refractivity contribution in [2.24, 2.45) is 0 Å². The lowest BCUT2D eigenvalue weighted by Crippen LogP contribution is -2.43. The van der Waals surface area contributed by atoms with E-state index in [4.69, 9.17) is 4.74 Å². The van der Waals surface area contributed by atoms with E-state index in [-0.39, 0.29) is 0 Å². The van der Waals surface area contributed by atoms with Crippen molar-refractivity contribution < 1.29 is 19.1 Å². The van der Waals surface area contributed by atoms with Crippen molar-refractivity contribution in [1.82, 2.24) is 9.80 Å². The minimum absolute atomic E-state index is 0.409. The predicted octanol–water partition coefficient (Wildman–Crippen LogP) is 0.958. The minimum Gasteiger partial charge on any atom is -0.467 e. The lowest BCUT2D eigenvalue weighted by molar-refractivity contribution is -0.146. The summed E-state index contributed by atoms with van der Waals surface area (Å²) < 4.78 is 9.31. The molecule has 0 radical (unpaired) electrons. The number of hydrogen-bond acceptors (Lipinski definition) is 5. The van der Waals surface area contributed by atoms with Crippen molar-refractivity contribution in [1.29, 1.82) is 0 Å². The van der Waals surface area contributed by atoms with Crippen LogP contribution >= 0.6 is 0 Å². The number of carbonyl (C=O) groups is 2. The van der Waals surface area contributed by atoms with Gasteiger partial charge in [0.05, 0.1) is 14.2 Å². The molecule has 0 aromatic heterocycles. The predicted molar refractivity (Wildman–Crippen MR) is 68.4 cm³/mol. The third-order valence-corrected chi connectivity index (χ3v) is 2.74. The molecule has 0 aliphatic rings. The Labute approximate surface area is 109 Å². The molecule has 0 aromatic rings. The maximum absolute atomic E-state index is 11.6. The molecule has 0 N–H and O–H groups in total. The Kier molecular flexibility index (Phi) is 8.11. The molecule has 0 rings (SSSR count). The Morgan fingerprint density at radius 1 is 1.06 bits per heavy atom. The van der Waals surface area contributed by atoms with E-state index in [1.807, 2.05) is 14.1 Å². The van der Waals surface area contributed by atoms with Gasteiger partial charge in [-0.3, -0.25) is 4.90 Å². The number of rotatable bonds is 7. The van der Waals surface area contributed by atoms with Crippen LogP contribution in [0.5, 0.6) is 0 Å². The van der Waals surface area contributed by atoms with Crippen LogP contribution in [0.3, 0.4) is 0 Å². The summed E-state index contributed by atoms with van der Waals surface area (Å²) in [6.07, 6.45) is 1.86. The molecule has 0 saturated carbocycles. The van der Waals surface area contributed by atoms with Gasteiger partial charge in [-0.2, -0.15) is 0 Å². The van der Waals surface area contributed by atoms with Gasteiger partial charge in [0, 0.05) is 7.05 Å². The summed E-state index contributed by atoms with van der Waals surface area (Å²) in [7, 11) is 8.15. The second-order valence-corrected chi connectivity index (χ2v) is 4.42. The molecular formula is C12H24N2O4. The largest absolute Gasteiger partial charge is 0.467 e. The first-order chi connectivity index (χ1) is 8.43. The van der Waals surface area contributed by atoms with Crippen molar-refractivity contribution in [3.63, 3.8) is 0 Å². The molecular weight excluding hydrogens is 236 g/mol. The smallest absolute Gasteiger partial charge is 0.409 e. The molecule has 0 spiro atoms. The Hall–Kier alpha value is -1.30. The highest BCUT2D eigenvalue weighted by Crippen LogP contribution is 2.10. The fourth-order valence-corrected chi connectivity index (χ4v) is 1.64. The lowest BCUT2D eigenvalue weighted by atomic mass is 10.1. The molecule has 0 heterocycles. The minimum atomic E-state index is -0.579. The fourth-order valence-electron chi connectivity index (χ4n) is 1.64. The lowest BCUT2D eigenvalue weighted by Gasteiger charge is -2.24. The van der Waals surface area contributed by atoms with E-state index in [1.54, 1.807) is 7.05 Å². The van der Waals surface area contributed by atoms with Crippen molar-refractivity contribution >= 4 is 12.1 Å². The number of esters is 1. The molecule has 6 nitrogen and oxygen atoms in total. The van der Waals surface area contributed by atoms with Crippen molar-refractivity contribution in [2.75, 3.05) is 41.9 Å². The molecule has 0 aliphatic carbocycles. The number of ether oxygens (including phenoxy) is 2. The van der Waals surface area contributed by atoms with Gasteiger partial charge in [0.1, 0.15) is 6.04 Å². The van der Waals surface area contributed by atoms with Crippen LogP contribution in [0, 0.1) is 0 Å². The quantitative estimate of drug-likeness (QED) is 0.504. The van der Waals surface area contributed by atoms with Gasteiger partial charge < -0.3 is 14.4 Å². The maximum Gasteiger partial charge on any atom is 0.409 e. The first-order valence-electron chi connectivity index (χ1n) is 5.97. The molecule has 6 heteroatoms. The van der Waals surface area contributed by atoms with Crippen LogP contribution in [0.25, 0.3) is 0 Å². The van der Waals surface area contributed by atoms with Crippen molar-refractivity contribution in [3.05, 3.63) is 0 Å². The summed E-state index contributed by atoms with van der Waals surface area (Å²) in [6, 6.07) is -0.579. The number of nitrogens with zero attached hydrogens (tertiary/aromatic N) is 2. The Morgan fingerprint density at radius 2 is 1.67 bits per heavy atom. The number of carbonyl (C=O) groups excluding carboxylic acids is 2. The van der Waals surface area contributed by atoms with E-state index in [0.717, 1.165) is 19.4 Å². The summed E-state index contributed by atoms with van der Waals surface area (Å²) in [6.45, 7) is 0.954. The summed E-state index contributed by atoms with van der Waals surface area (Å²) in [5.74, 6) is -0.409. The van der Waals surface area contributed by atoms with Crippen LogP contribution < -0.4 is 0 Å². The first-order valence-corrected chi connectivity index (χ1v) is 5.97. The van der Waals surface area contributed by atoms with Gasteiger partial charge in [0.15, 0.2) is 0 Å². The molecule has 1 atom stereocenters. The van der Waals surface area contributed by atoms with E-state index in [2.05, 4.69) is 9.64 Å². The Balaban J connectivity index is 4.32. The molecule has 0 aromatic carbocycles. The number of amides is 1. The third-order valence-electron chi connectivity index (χ3n) is 2.74. The maximum atomic E-state index is 11.6. The van der Waals surface area contributed by atoms with Crippen molar-refractivity contribution in [3.8, 4) is 0 Å². The second-order valence-electron chi connectivity index (χ2n) is 4.42. The summed E-state index contributed by atoms with van der Waals surface area (Å²) in [4.78, 5) is 26.4. The van der Waals surface area contributed by atoms with E-state index >= 15 is 0 Å². The molecule has 0 aliphatic heterocycles. The standard InChI is InChI=1S/C12H24N2O4/c1-13(2)9-7-6-8-10(11(15)17-4)14(3)12(16)18-5/h10H,6-9H2,1-5H3. The molecule has 0 bridgehead atoms. The summed E-state index contributed by atoms with van der Waals surface area (Å²) in [5, 5.41) is 0. The van der Waals surface area contributed by atoms with E-state index < -0.39 is 18.1 Å². The molecule has 0 fully saturated rings. The molecule has 0 saturated heterocycles. The van der Waals surface area contributed by atoms with Crippen LogP contribution in [-0.4, -0.2) is 69.8 Å². The topological polar surface area (TPSA) is 59.1 Å². The fraction of sp³-hybridized carbons (Fsp3) is 0.833. The highest BCUT2D eigenvalue weighted by atomic mass is 16.5. The SMILES string of the molecule is COC(=O)C(CCCCN(C)C)N(C)C(=O)OC. The van der Waals surface area contributed by atoms with E-state index in [9.17, 15) is 9.59 Å². The van der Waals surface area contributed by atoms with Crippen LogP contribution in [-0.2, 0) is 14.3 Å². The first kappa shape index (κ1) is 16.7. The zero-order chi connectivity index (χ0) is 14.1. The van der Waals surface area contributed by atoms with Gasteiger partial charge in [0.2, 0.25) is 0 Å². The number of unbranched alkanes of at least 4 members (excludes halogenated alkanes) is 1. The number of hydrogen-bond donors (Lipinski definition) is 0. The number of methoxy groups -OCH3 is 2. The van der Waals surface area contributed by atoms with E-state index in [1.165, 1.54) is 19.1 Å². The molecule has 1 unspecified atom stereocenters. The Morgan fingerprint density at radius 3 is 2.11 bits per heavy atom. The van der Waals surface area contributed by atoms with Crippen LogP contribution in [0.1, 0.15) is 19.3 Å². The molecule has 106 valence electrons. The zero-order valence-corrected chi connectivity index (χ0v) is 11.9. The van der Waals surface area contributed by atoms with Gasteiger partial charge in [-0.25, -0.2) is 9.59 Å². The van der Waals surface area contributed by atoms with Crippen LogP contribution in [0.15, 0.2) is 0 Å². The third kappa shape index (κ3) is 5.86. The number of likely N-dealkylation sites (N-methyl/N-ethyl adjacent to an activating group) is 1. The van der Waals surface area contributed by atoms with Gasteiger partial charge in [-0.15, -0.1) is 0 Å². The van der Waals surface area contributed by atoms with Gasteiger partial charge in [-0.1, -0.05) is 0 Å².